The van der Waals surface area contributed by atoms with Crippen LogP contribution in [0.4, 0.5) is 0 Å². The second kappa shape index (κ2) is 8.22. The number of hydrogen-bond donors (Lipinski definition) is 2. The van der Waals surface area contributed by atoms with Gasteiger partial charge in [-0.1, -0.05) is 60.2 Å². The number of carbonyl (C=O) groups excluding carboxylic acids is 1. The molecule has 0 aliphatic rings. The molecule has 0 heterocycles. The molecule has 3 heteroatoms. The van der Waals surface area contributed by atoms with Crippen LogP contribution in [0.2, 0.25) is 0 Å². The molecule has 0 aliphatic heterocycles. The number of aryl methyl sites for hydroxylation is 1. The predicted octanol–water partition coefficient (Wildman–Crippen LogP) is 2.44. The molecule has 110 valence electrons. The SMILES string of the molecule is Cc1ccc(CNC(=O)CNCCc2ccccc2)cc1. The van der Waals surface area contributed by atoms with Crippen LogP contribution in [-0.4, -0.2) is 19.0 Å². The van der Waals surface area contributed by atoms with Crippen molar-refractivity contribution in [3.8, 4) is 0 Å². The van der Waals surface area contributed by atoms with Gasteiger partial charge in [-0.25, -0.2) is 0 Å². The van der Waals surface area contributed by atoms with Crippen molar-refractivity contribution in [1.29, 1.82) is 0 Å². The van der Waals surface area contributed by atoms with Gasteiger partial charge in [0.15, 0.2) is 0 Å². The molecular formula is C18H22N2O. The first-order valence-corrected chi connectivity index (χ1v) is 7.31. The average Bonchev–Trinajstić information content (AvgIpc) is 2.52. The average molecular weight is 282 g/mol. The van der Waals surface area contributed by atoms with E-state index in [9.17, 15) is 4.79 Å². The van der Waals surface area contributed by atoms with Gasteiger partial charge >= 0.3 is 0 Å². The van der Waals surface area contributed by atoms with Crippen LogP contribution in [0.25, 0.3) is 0 Å². The van der Waals surface area contributed by atoms with Crippen molar-refractivity contribution >= 4 is 5.91 Å². The Morgan fingerprint density at radius 1 is 0.952 bits per heavy atom. The number of benzene rings is 2. The van der Waals surface area contributed by atoms with Crippen molar-refractivity contribution in [3.63, 3.8) is 0 Å². The fraction of sp³-hybridized carbons (Fsp3) is 0.278. The van der Waals surface area contributed by atoms with Crippen LogP contribution in [-0.2, 0) is 17.8 Å². The van der Waals surface area contributed by atoms with Gasteiger partial charge in [-0.05, 0) is 31.0 Å². The molecule has 2 aromatic carbocycles. The molecule has 0 aromatic heterocycles. The zero-order chi connectivity index (χ0) is 14.9. The summed E-state index contributed by atoms with van der Waals surface area (Å²) in [6.45, 7) is 3.80. The third-order valence-electron chi connectivity index (χ3n) is 3.33. The minimum absolute atomic E-state index is 0.0311. The highest BCUT2D eigenvalue weighted by atomic mass is 16.1. The van der Waals surface area contributed by atoms with Crippen LogP contribution in [0.5, 0.6) is 0 Å². The van der Waals surface area contributed by atoms with E-state index >= 15 is 0 Å². The van der Waals surface area contributed by atoms with Gasteiger partial charge in [-0.3, -0.25) is 4.79 Å². The van der Waals surface area contributed by atoms with Gasteiger partial charge in [0.1, 0.15) is 0 Å². The van der Waals surface area contributed by atoms with E-state index in [1.165, 1.54) is 11.1 Å². The zero-order valence-electron chi connectivity index (χ0n) is 12.4. The molecule has 1 amide bonds. The quantitative estimate of drug-likeness (QED) is 0.766. The lowest BCUT2D eigenvalue weighted by Crippen LogP contribution is -2.34. The molecule has 0 fully saturated rings. The highest BCUT2D eigenvalue weighted by Gasteiger charge is 2.00. The monoisotopic (exact) mass is 282 g/mol. The first-order chi connectivity index (χ1) is 10.2. The van der Waals surface area contributed by atoms with Gasteiger partial charge in [0.25, 0.3) is 0 Å². The summed E-state index contributed by atoms with van der Waals surface area (Å²) in [5, 5.41) is 6.08. The lowest BCUT2D eigenvalue weighted by molar-refractivity contribution is -0.120. The van der Waals surface area contributed by atoms with Gasteiger partial charge in [0.05, 0.1) is 6.54 Å². The smallest absolute Gasteiger partial charge is 0.234 e. The molecule has 0 aliphatic carbocycles. The number of carbonyl (C=O) groups is 1. The normalized spacial score (nSPS) is 10.3. The summed E-state index contributed by atoms with van der Waals surface area (Å²) in [5.74, 6) is 0.0311. The highest BCUT2D eigenvalue weighted by molar-refractivity contribution is 5.77. The summed E-state index contributed by atoms with van der Waals surface area (Å²) >= 11 is 0. The third kappa shape index (κ3) is 5.79. The van der Waals surface area contributed by atoms with Crippen LogP contribution >= 0.6 is 0 Å². The van der Waals surface area contributed by atoms with E-state index < -0.39 is 0 Å². The van der Waals surface area contributed by atoms with Gasteiger partial charge in [0.2, 0.25) is 5.91 Å². The molecule has 0 atom stereocenters. The molecule has 2 rings (SSSR count). The number of rotatable bonds is 7. The summed E-state index contributed by atoms with van der Waals surface area (Å²) in [4.78, 5) is 11.7. The molecule has 0 unspecified atom stereocenters. The topological polar surface area (TPSA) is 41.1 Å². The molecule has 0 bridgehead atoms. The van der Waals surface area contributed by atoms with Crippen LogP contribution in [0, 0.1) is 6.92 Å². The molecule has 3 nitrogen and oxygen atoms in total. The Morgan fingerprint density at radius 2 is 1.67 bits per heavy atom. The lowest BCUT2D eigenvalue weighted by Gasteiger charge is -2.07. The van der Waals surface area contributed by atoms with Crippen LogP contribution < -0.4 is 10.6 Å². The summed E-state index contributed by atoms with van der Waals surface area (Å²) in [6, 6.07) is 18.5. The Kier molecular flexibility index (Phi) is 5.98. The Labute approximate surface area is 126 Å². The molecule has 21 heavy (non-hydrogen) atoms. The molecule has 0 saturated heterocycles. The number of hydrogen-bond acceptors (Lipinski definition) is 2. The van der Waals surface area contributed by atoms with E-state index in [1.807, 2.05) is 30.3 Å². The molecular weight excluding hydrogens is 260 g/mol. The van der Waals surface area contributed by atoms with Gasteiger partial charge in [-0.2, -0.15) is 0 Å². The van der Waals surface area contributed by atoms with Gasteiger partial charge < -0.3 is 10.6 Å². The Morgan fingerprint density at radius 3 is 2.38 bits per heavy atom. The van der Waals surface area contributed by atoms with Crippen molar-refractivity contribution in [1.82, 2.24) is 10.6 Å². The molecule has 0 radical (unpaired) electrons. The van der Waals surface area contributed by atoms with E-state index in [2.05, 4.69) is 41.8 Å². The lowest BCUT2D eigenvalue weighted by atomic mass is 10.1. The maximum absolute atomic E-state index is 11.7. The van der Waals surface area contributed by atoms with Crippen LogP contribution in [0.3, 0.4) is 0 Å². The van der Waals surface area contributed by atoms with Crippen molar-refractivity contribution < 1.29 is 4.79 Å². The van der Waals surface area contributed by atoms with Crippen molar-refractivity contribution in [3.05, 3.63) is 71.3 Å². The van der Waals surface area contributed by atoms with E-state index in [-0.39, 0.29) is 5.91 Å². The molecule has 2 aromatic rings. The Balaban J connectivity index is 1.60. The first kappa shape index (κ1) is 15.3. The standard InChI is InChI=1S/C18H22N2O/c1-15-7-9-17(10-8-15)13-20-18(21)14-19-12-11-16-5-3-2-4-6-16/h2-10,19H,11-14H2,1H3,(H,20,21). The maximum Gasteiger partial charge on any atom is 0.234 e. The second-order valence-corrected chi connectivity index (χ2v) is 5.17. The van der Waals surface area contributed by atoms with Gasteiger partial charge in [0, 0.05) is 6.54 Å². The van der Waals surface area contributed by atoms with Crippen molar-refractivity contribution in [2.45, 2.75) is 19.9 Å². The van der Waals surface area contributed by atoms with E-state index in [4.69, 9.17) is 0 Å². The summed E-state index contributed by atoms with van der Waals surface area (Å²) in [5.41, 5.74) is 3.64. The highest BCUT2D eigenvalue weighted by Crippen LogP contribution is 2.02. The maximum atomic E-state index is 11.7. The van der Waals surface area contributed by atoms with E-state index in [0.717, 1.165) is 18.5 Å². The molecule has 2 N–H and O–H groups in total. The minimum Gasteiger partial charge on any atom is -0.351 e. The third-order valence-corrected chi connectivity index (χ3v) is 3.33. The largest absolute Gasteiger partial charge is 0.351 e. The van der Waals surface area contributed by atoms with Crippen molar-refractivity contribution in [2.75, 3.05) is 13.1 Å². The zero-order valence-corrected chi connectivity index (χ0v) is 12.4. The van der Waals surface area contributed by atoms with Crippen LogP contribution in [0.15, 0.2) is 54.6 Å². The summed E-state index contributed by atoms with van der Waals surface area (Å²) in [6.07, 6.45) is 0.937. The number of nitrogens with one attached hydrogen (secondary N) is 2. The van der Waals surface area contributed by atoms with Crippen molar-refractivity contribution in [2.24, 2.45) is 0 Å². The van der Waals surface area contributed by atoms with E-state index in [0.29, 0.717) is 13.1 Å². The first-order valence-electron chi connectivity index (χ1n) is 7.31. The summed E-state index contributed by atoms with van der Waals surface area (Å²) in [7, 11) is 0. The second-order valence-electron chi connectivity index (χ2n) is 5.17. The fourth-order valence-electron chi connectivity index (χ4n) is 2.05. The predicted molar refractivity (Wildman–Crippen MR) is 86.0 cm³/mol. The molecule has 0 saturated carbocycles. The fourth-order valence-corrected chi connectivity index (χ4v) is 2.05. The van der Waals surface area contributed by atoms with Gasteiger partial charge in [-0.15, -0.1) is 0 Å². The number of amides is 1. The van der Waals surface area contributed by atoms with Crippen LogP contribution in [0.1, 0.15) is 16.7 Å². The Bertz CT molecular complexity index is 549. The van der Waals surface area contributed by atoms with E-state index in [1.54, 1.807) is 0 Å². The molecule has 0 spiro atoms. The summed E-state index contributed by atoms with van der Waals surface area (Å²) < 4.78 is 0. The Hall–Kier alpha value is -2.13. The minimum atomic E-state index is 0.0311.